The minimum atomic E-state index is -0.362. The van der Waals surface area contributed by atoms with Crippen molar-refractivity contribution in [2.24, 2.45) is 5.73 Å². The Hall–Kier alpha value is -3.44. The van der Waals surface area contributed by atoms with Gasteiger partial charge < -0.3 is 19.9 Å². The molecule has 0 bridgehead atoms. The summed E-state index contributed by atoms with van der Waals surface area (Å²) < 4.78 is 17.1. The fraction of sp³-hybridized carbons (Fsp3) is 0.238. The summed E-state index contributed by atoms with van der Waals surface area (Å²) in [5, 5.41) is 19.1. The zero-order valence-electron chi connectivity index (χ0n) is 16.1. The normalized spacial score (nSPS) is 15.4. The van der Waals surface area contributed by atoms with E-state index in [0.717, 1.165) is 27.4 Å². The molecule has 3 heterocycles. The van der Waals surface area contributed by atoms with E-state index in [1.165, 1.54) is 0 Å². The van der Waals surface area contributed by atoms with E-state index in [2.05, 4.69) is 16.3 Å². The number of ether oxygens (including phenoxy) is 3. The molecule has 0 amide bonds. The van der Waals surface area contributed by atoms with E-state index in [1.54, 1.807) is 11.3 Å². The first-order chi connectivity index (χ1) is 14.2. The second-order valence-corrected chi connectivity index (χ2v) is 7.26. The van der Waals surface area contributed by atoms with E-state index in [0.29, 0.717) is 30.4 Å². The van der Waals surface area contributed by atoms with Gasteiger partial charge in [0.15, 0.2) is 0 Å². The highest BCUT2D eigenvalue weighted by molar-refractivity contribution is 7.10. The number of nitriles is 1. The van der Waals surface area contributed by atoms with Crippen molar-refractivity contribution >= 4 is 11.3 Å². The second kappa shape index (κ2) is 7.89. The van der Waals surface area contributed by atoms with Gasteiger partial charge in [0.1, 0.15) is 23.1 Å². The minimum absolute atomic E-state index is 0.0770. The van der Waals surface area contributed by atoms with Crippen LogP contribution < -0.4 is 19.9 Å². The van der Waals surface area contributed by atoms with Gasteiger partial charge in [-0.15, -0.1) is 16.4 Å². The van der Waals surface area contributed by atoms with Crippen molar-refractivity contribution in [3.63, 3.8) is 0 Å². The van der Waals surface area contributed by atoms with Crippen LogP contribution in [0.25, 0.3) is 11.3 Å². The highest BCUT2D eigenvalue weighted by Crippen LogP contribution is 2.48. The zero-order chi connectivity index (χ0) is 20.4. The number of nitrogens with two attached hydrogens (primary N) is 1. The van der Waals surface area contributed by atoms with E-state index >= 15 is 0 Å². The molecule has 0 saturated heterocycles. The monoisotopic (exact) mass is 408 g/mol. The van der Waals surface area contributed by atoms with Crippen LogP contribution in [-0.4, -0.2) is 23.4 Å². The van der Waals surface area contributed by atoms with Crippen molar-refractivity contribution in [1.29, 1.82) is 5.26 Å². The van der Waals surface area contributed by atoms with Crippen molar-refractivity contribution in [2.75, 3.05) is 13.2 Å². The van der Waals surface area contributed by atoms with Gasteiger partial charge in [0.25, 0.3) is 0 Å². The SMILES string of the molecule is CCOc1ccc(-c2[nH]nc3c2[C@@H](c2cccs2)C(C#N)=C(N)O3)c(OCC)c1. The first-order valence-electron chi connectivity index (χ1n) is 9.27. The summed E-state index contributed by atoms with van der Waals surface area (Å²) in [6, 6.07) is 11.8. The summed E-state index contributed by atoms with van der Waals surface area (Å²) >= 11 is 1.56. The fourth-order valence-electron chi connectivity index (χ4n) is 3.43. The van der Waals surface area contributed by atoms with Gasteiger partial charge in [0, 0.05) is 16.5 Å². The number of allylic oxidation sites excluding steroid dienone is 1. The Morgan fingerprint density at radius 2 is 2.10 bits per heavy atom. The molecule has 29 heavy (non-hydrogen) atoms. The summed E-state index contributed by atoms with van der Waals surface area (Å²) in [5.74, 6) is 1.47. The maximum absolute atomic E-state index is 9.75. The van der Waals surface area contributed by atoms with Gasteiger partial charge in [-0.25, -0.2) is 0 Å². The summed E-state index contributed by atoms with van der Waals surface area (Å²) in [6.07, 6.45) is 0. The summed E-state index contributed by atoms with van der Waals surface area (Å²) in [6.45, 7) is 4.92. The molecule has 1 atom stereocenters. The molecule has 1 aliphatic rings. The molecule has 0 fully saturated rings. The van der Waals surface area contributed by atoms with E-state index in [1.807, 2.05) is 49.6 Å². The summed E-state index contributed by atoms with van der Waals surface area (Å²) in [7, 11) is 0. The number of nitrogens with one attached hydrogen (secondary N) is 1. The molecule has 0 radical (unpaired) electrons. The number of hydrogen-bond acceptors (Lipinski definition) is 7. The Morgan fingerprint density at radius 3 is 2.79 bits per heavy atom. The van der Waals surface area contributed by atoms with Crippen LogP contribution in [0.15, 0.2) is 47.2 Å². The lowest BCUT2D eigenvalue weighted by molar-refractivity contribution is 0.324. The molecule has 0 saturated carbocycles. The van der Waals surface area contributed by atoms with E-state index in [4.69, 9.17) is 19.9 Å². The molecule has 2 aromatic heterocycles. The van der Waals surface area contributed by atoms with Gasteiger partial charge in [-0.05, 0) is 37.4 Å². The van der Waals surface area contributed by atoms with Crippen molar-refractivity contribution in [1.82, 2.24) is 10.2 Å². The Morgan fingerprint density at radius 1 is 1.28 bits per heavy atom. The Labute approximate surface area is 172 Å². The molecule has 0 unspecified atom stereocenters. The van der Waals surface area contributed by atoms with Gasteiger partial charge in [-0.3, -0.25) is 5.10 Å². The van der Waals surface area contributed by atoms with Gasteiger partial charge in [0.2, 0.25) is 11.8 Å². The average Bonchev–Trinajstić information content (AvgIpc) is 3.38. The van der Waals surface area contributed by atoms with Crippen molar-refractivity contribution in [3.05, 3.63) is 57.6 Å². The minimum Gasteiger partial charge on any atom is -0.494 e. The Kier molecular flexibility index (Phi) is 5.14. The first kappa shape index (κ1) is 18.9. The third-order valence-corrected chi connectivity index (χ3v) is 5.54. The Balaban J connectivity index is 1.90. The van der Waals surface area contributed by atoms with Crippen molar-refractivity contribution in [2.45, 2.75) is 19.8 Å². The van der Waals surface area contributed by atoms with Crippen molar-refractivity contribution in [3.8, 4) is 34.7 Å². The molecule has 1 aromatic carbocycles. The van der Waals surface area contributed by atoms with Crippen LogP contribution in [0.3, 0.4) is 0 Å². The number of fused-ring (bicyclic) bond motifs is 1. The Bertz CT molecular complexity index is 1100. The number of thiophene rings is 1. The number of benzene rings is 1. The van der Waals surface area contributed by atoms with Crippen LogP contribution in [0.1, 0.15) is 30.2 Å². The smallest absolute Gasteiger partial charge is 0.244 e. The van der Waals surface area contributed by atoms with Gasteiger partial charge in [-0.1, -0.05) is 6.07 Å². The topological polar surface area (TPSA) is 106 Å². The quantitative estimate of drug-likeness (QED) is 0.634. The average molecular weight is 408 g/mol. The second-order valence-electron chi connectivity index (χ2n) is 6.28. The molecule has 3 N–H and O–H groups in total. The number of H-pyrrole nitrogens is 1. The van der Waals surface area contributed by atoms with E-state index in [9.17, 15) is 5.26 Å². The van der Waals surface area contributed by atoms with Gasteiger partial charge in [0.05, 0.1) is 30.4 Å². The lowest BCUT2D eigenvalue weighted by Crippen LogP contribution is -2.20. The molecule has 3 aromatic rings. The highest BCUT2D eigenvalue weighted by Gasteiger charge is 2.36. The molecular formula is C21H20N4O3S. The van der Waals surface area contributed by atoms with Gasteiger partial charge in [-0.2, -0.15) is 5.26 Å². The number of nitrogens with zero attached hydrogens (tertiary/aromatic N) is 2. The molecule has 7 nitrogen and oxygen atoms in total. The first-order valence-corrected chi connectivity index (χ1v) is 10.1. The third-order valence-electron chi connectivity index (χ3n) is 4.60. The van der Waals surface area contributed by atoms with Crippen molar-refractivity contribution < 1.29 is 14.2 Å². The van der Waals surface area contributed by atoms with E-state index < -0.39 is 0 Å². The van der Waals surface area contributed by atoms with Crippen LogP contribution in [0.2, 0.25) is 0 Å². The molecule has 0 spiro atoms. The number of aromatic nitrogens is 2. The number of hydrogen-bond donors (Lipinski definition) is 2. The standard InChI is InChI=1S/C21H20N4O3S/c1-3-26-12-7-8-13(15(10-12)27-4-2)19-18-17(16-6-5-9-29-16)14(11-22)20(23)28-21(18)25-24-19/h5-10,17H,3-4,23H2,1-2H3,(H,24,25)/t17-/m1/s1. The third kappa shape index (κ3) is 3.30. The zero-order valence-corrected chi connectivity index (χ0v) is 16.9. The molecule has 148 valence electrons. The largest absolute Gasteiger partial charge is 0.494 e. The predicted molar refractivity (Wildman–Crippen MR) is 110 cm³/mol. The molecule has 0 aliphatic carbocycles. The lowest BCUT2D eigenvalue weighted by Gasteiger charge is -2.23. The fourth-order valence-corrected chi connectivity index (χ4v) is 4.27. The van der Waals surface area contributed by atoms with Crippen LogP contribution in [0.5, 0.6) is 17.4 Å². The van der Waals surface area contributed by atoms with Gasteiger partial charge >= 0.3 is 0 Å². The van der Waals surface area contributed by atoms with Crippen LogP contribution >= 0.6 is 11.3 Å². The molecule has 1 aliphatic heterocycles. The van der Waals surface area contributed by atoms with E-state index in [-0.39, 0.29) is 11.8 Å². The maximum Gasteiger partial charge on any atom is 0.244 e. The number of aromatic amines is 1. The van der Waals surface area contributed by atoms with Crippen LogP contribution in [0.4, 0.5) is 0 Å². The molecule has 4 rings (SSSR count). The number of rotatable bonds is 6. The maximum atomic E-state index is 9.75. The van der Waals surface area contributed by atoms with Crippen LogP contribution in [-0.2, 0) is 0 Å². The molecular weight excluding hydrogens is 388 g/mol. The predicted octanol–water partition coefficient (Wildman–Crippen LogP) is 4.15. The summed E-state index contributed by atoms with van der Waals surface area (Å²) in [5.41, 5.74) is 8.70. The van der Waals surface area contributed by atoms with Crippen LogP contribution in [0, 0.1) is 11.3 Å². The highest BCUT2D eigenvalue weighted by atomic mass is 32.1. The summed E-state index contributed by atoms with van der Waals surface area (Å²) in [4.78, 5) is 0.987. The molecule has 8 heteroatoms. The lowest BCUT2D eigenvalue weighted by atomic mass is 9.87.